The van der Waals surface area contributed by atoms with Crippen molar-refractivity contribution in [2.45, 2.75) is 59.0 Å². The monoisotopic (exact) mass is 446 g/mol. The first kappa shape index (κ1) is 23.2. The van der Waals surface area contributed by atoms with Crippen molar-refractivity contribution in [2.24, 2.45) is 5.92 Å². The minimum Gasteiger partial charge on any atom is -0.352 e. The topological polar surface area (TPSA) is 71.3 Å². The molecular weight excluding hydrogens is 412 g/mol. The number of aryl methyl sites for hydroxylation is 1. The molecule has 6 nitrogen and oxygen atoms in total. The van der Waals surface area contributed by atoms with E-state index >= 15 is 0 Å². The Kier molecular flexibility index (Phi) is 6.94. The summed E-state index contributed by atoms with van der Waals surface area (Å²) < 4.78 is 5.51. The van der Waals surface area contributed by atoms with E-state index in [4.69, 9.17) is 4.52 Å². The van der Waals surface area contributed by atoms with E-state index in [0.717, 1.165) is 31.5 Å². The molecule has 0 unspecified atom stereocenters. The fourth-order valence-electron chi connectivity index (χ4n) is 4.24. The number of amides is 1. The number of aromatic nitrogens is 2. The molecule has 2 heterocycles. The lowest BCUT2D eigenvalue weighted by molar-refractivity contribution is -0.126. The normalized spacial score (nSPS) is 15.5. The molecule has 0 saturated carbocycles. The maximum absolute atomic E-state index is 12.6. The van der Waals surface area contributed by atoms with Crippen molar-refractivity contribution in [3.8, 4) is 11.4 Å². The van der Waals surface area contributed by atoms with Crippen molar-refractivity contribution in [3.05, 3.63) is 71.1 Å². The number of nitrogens with one attached hydrogen (secondary N) is 1. The maximum atomic E-state index is 12.6. The molecule has 1 saturated heterocycles. The lowest BCUT2D eigenvalue weighted by Gasteiger charge is -2.30. The van der Waals surface area contributed by atoms with E-state index in [2.05, 4.69) is 84.5 Å². The Hall–Kier alpha value is -2.99. The molecule has 1 aromatic heterocycles. The van der Waals surface area contributed by atoms with Crippen molar-refractivity contribution >= 4 is 5.91 Å². The Morgan fingerprint density at radius 2 is 1.79 bits per heavy atom. The van der Waals surface area contributed by atoms with Gasteiger partial charge >= 0.3 is 0 Å². The Balaban J connectivity index is 1.26. The Bertz CT molecular complexity index is 1070. The molecule has 4 rings (SSSR count). The number of piperidine rings is 1. The summed E-state index contributed by atoms with van der Waals surface area (Å²) in [5.74, 6) is 1.45. The van der Waals surface area contributed by atoms with Crippen LogP contribution >= 0.6 is 0 Å². The number of benzene rings is 2. The standard InChI is InChI=1S/C27H34N4O2/c1-19-7-5-6-8-22(19)17-28-26(32)21-13-15-31(16-14-21)18-24-29-25(30-33-24)20-9-11-23(12-10-20)27(2,3)4/h5-12,21H,13-18H2,1-4H3,(H,28,32). The molecule has 1 aliphatic heterocycles. The van der Waals surface area contributed by atoms with Gasteiger partial charge in [-0.05, 0) is 55.0 Å². The number of likely N-dealkylation sites (tertiary alicyclic amines) is 1. The van der Waals surface area contributed by atoms with Crippen LogP contribution in [0.5, 0.6) is 0 Å². The first-order chi connectivity index (χ1) is 15.8. The maximum Gasteiger partial charge on any atom is 0.241 e. The second kappa shape index (κ2) is 9.87. The second-order valence-corrected chi connectivity index (χ2v) is 10.0. The number of hydrogen-bond donors (Lipinski definition) is 1. The molecular formula is C27H34N4O2. The van der Waals surface area contributed by atoms with Crippen molar-refractivity contribution in [2.75, 3.05) is 13.1 Å². The molecule has 1 N–H and O–H groups in total. The molecule has 0 atom stereocenters. The minimum atomic E-state index is 0.0600. The zero-order valence-electron chi connectivity index (χ0n) is 20.1. The van der Waals surface area contributed by atoms with Crippen molar-refractivity contribution < 1.29 is 9.32 Å². The molecule has 6 heteroatoms. The fourth-order valence-corrected chi connectivity index (χ4v) is 4.24. The Labute approximate surface area is 196 Å². The molecule has 0 radical (unpaired) electrons. The highest BCUT2D eigenvalue weighted by molar-refractivity contribution is 5.78. The smallest absolute Gasteiger partial charge is 0.241 e. The van der Waals surface area contributed by atoms with Crippen LogP contribution in [0.3, 0.4) is 0 Å². The average Bonchev–Trinajstić information content (AvgIpc) is 3.27. The summed E-state index contributed by atoms with van der Waals surface area (Å²) >= 11 is 0. The van der Waals surface area contributed by atoms with Gasteiger partial charge in [-0.1, -0.05) is 74.5 Å². The second-order valence-electron chi connectivity index (χ2n) is 10.0. The number of rotatable bonds is 6. The van der Waals surface area contributed by atoms with E-state index in [0.29, 0.717) is 24.8 Å². The third-order valence-electron chi connectivity index (χ3n) is 6.51. The van der Waals surface area contributed by atoms with Gasteiger partial charge in [0.1, 0.15) is 0 Å². The largest absolute Gasteiger partial charge is 0.352 e. The minimum absolute atomic E-state index is 0.0600. The molecule has 2 aromatic carbocycles. The van der Waals surface area contributed by atoms with E-state index < -0.39 is 0 Å². The van der Waals surface area contributed by atoms with E-state index in [1.54, 1.807) is 0 Å². The summed E-state index contributed by atoms with van der Waals surface area (Å²) in [4.78, 5) is 19.5. The summed E-state index contributed by atoms with van der Waals surface area (Å²) in [6, 6.07) is 16.5. The number of hydrogen-bond acceptors (Lipinski definition) is 5. The summed E-state index contributed by atoms with van der Waals surface area (Å²) in [5, 5.41) is 7.28. The molecule has 1 aliphatic rings. The molecule has 33 heavy (non-hydrogen) atoms. The van der Waals surface area contributed by atoms with Gasteiger partial charge in [0.2, 0.25) is 17.6 Å². The van der Waals surface area contributed by atoms with Crippen LogP contribution < -0.4 is 5.32 Å². The van der Waals surface area contributed by atoms with Crippen molar-refractivity contribution in [1.29, 1.82) is 0 Å². The highest BCUT2D eigenvalue weighted by Crippen LogP contribution is 2.25. The van der Waals surface area contributed by atoms with Crippen LogP contribution in [-0.2, 0) is 23.3 Å². The molecule has 0 bridgehead atoms. The quantitative estimate of drug-likeness (QED) is 0.585. The van der Waals surface area contributed by atoms with Crippen LogP contribution in [0.4, 0.5) is 0 Å². The highest BCUT2D eigenvalue weighted by Gasteiger charge is 2.26. The molecule has 1 amide bonds. The van der Waals surface area contributed by atoms with Gasteiger partial charge < -0.3 is 9.84 Å². The Morgan fingerprint density at radius 1 is 1.09 bits per heavy atom. The number of nitrogens with zero attached hydrogens (tertiary/aromatic N) is 3. The SMILES string of the molecule is Cc1ccccc1CNC(=O)C1CCN(Cc2nc(-c3ccc(C(C)(C)C)cc3)no2)CC1. The van der Waals surface area contributed by atoms with Gasteiger partial charge in [-0.15, -0.1) is 0 Å². The van der Waals surface area contributed by atoms with E-state index in [1.165, 1.54) is 16.7 Å². The van der Waals surface area contributed by atoms with E-state index in [1.807, 2.05) is 12.1 Å². The van der Waals surface area contributed by atoms with Crippen LogP contribution in [0.2, 0.25) is 0 Å². The van der Waals surface area contributed by atoms with Crippen LogP contribution in [0.1, 0.15) is 56.2 Å². The summed E-state index contributed by atoms with van der Waals surface area (Å²) in [6.45, 7) is 11.6. The zero-order valence-corrected chi connectivity index (χ0v) is 20.1. The van der Waals surface area contributed by atoms with E-state index in [9.17, 15) is 4.79 Å². The molecule has 174 valence electrons. The first-order valence-electron chi connectivity index (χ1n) is 11.8. The van der Waals surface area contributed by atoms with Gasteiger partial charge in [-0.25, -0.2) is 0 Å². The van der Waals surface area contributed by atoms with Gasteiger partial charge in [0, 0.05) is 18.0 Å². The van der Waals surface area contributed by atoms with Gasteiger partial charge in [-0.2, -0.15) is 4.98 Å². The summed E-state index contributed by atoms with van der Waals surface area (Å²) in [6.07, 6.45) is 1.68. The van der Waals surface area contributed by atoms with Crippen molar-refractivity contribution in [3.63, 3.8) is 0 Å². The van der Waals surface area contributed by atoms with Gasteiger partial charge in [0.25, 0.3) is 0 Å². The van der Waals surface area contributed by atoms with Gasteiger partial charge in [0.15, 0.2) is 0 Å². The summed E-state index contributed by atoms with van der Waals surface area (Å²) in [7, 11) is 0. The number of carbonyl (C=O) groups excluding carboxylic acids is 1. The zero-order chi connectivity index (χ0) is 23.4. The van der Waals surface area contributed by atoms with Crippen LogP contribution in [0.15, 0.2) is 53.1 Å². The summed E-state index contributed by atoms with van der Waals surface area (Å²) in [5.41, 5.74) is 4.73. The van der Waals surface area contributed by atoms with E-state index in [-0.39, 0.29) is 17.2 Å². The third kappa shape index (κ3) is 5.88. The first-order valence-corrected chi connectivity index (χ1v) is 11.8. The molecule has 1 fully saturated rings. The predicted octanol–water partition coefficient (Wildman–Crippen LogP) is 4.87. The molecule has 3 aromatic rings. The lowest BCUT2D eigenvalue weighted by atomic mass is 9.87. The fraction of sp³-hybridized carbons (Fsp3) is 0.444. The number of carbonyl (C=O) groups is 1. The highest BCUT2D eigenvalue weighted by atomic mass is 16.5. The van der Waals surface area contributed by atoms with Crippen LogP contribution in [0.25, 0.3) is 11.4 Å². The van der Waals surface area contributed by atoms with Crippen LogP contribution in [-0.4, -0.2) is 34.0 Å². The predicted molar refractivity (Wildman–Crippen MR) is 129 cm³/mol. The molecule has 0 aliphatic carbocycles. The third-order valence-corrected chi connectivity index (χ3v) is 6.51. The lowest BCUT2D eigenvalue weighted by Crippen LogP contribution is -2.40. The molecule has 0 spiro atoms. The van der Waals surface area contributed by atoms with Crippen molar-refractivity contribution in [1.82, 2.24) is 20.4 Å². The van der Waals surface area contributed by atoms with Crippen LogP contribution in [0, 0.1) is 12.8 Å². The van der Waals surface area contributed by atoms with Gasteiger partial charge in [0.05, 0.1) is 6.54 Å². The average molecular weight is 447 g/mol. The van der Waals surface area contributed by atoms with Gasteiger partial charge in [-0.3, -0.25) is 9.69 Å². The Morgan fingerprint density at radius 3 is 2.45 bits per heavy atom.